The Bertz CT molecular complexity index is 1290. The third kappa shape index (κ3) is 7.59. The second kappa shape index (κ2) is 13.9. The molecule has 0 aliphatic carbocycles. The summed E-state index contributed by atoms with van der Waals surface area (Å²) >= 11 is 0. The van der Waals surface area contributed by atoms with Gasteiger partial charge in [-0.1, -0.05) is 19.6 Å². The highest BCUT2D eigenvalue weighted by Gasteiger charge is 2.20. The predicted octanol–water partition coefficient (Wildman–Crippen LogP) is 4.74. The van der Waals surface area contributed by atoms with Gasteiger partial charge in [0.25, 0.3) is 0 Å². The molecule has 10 heteroatoms. The summed E-state index contributed by atoms with van der Waals surface area (Å²) in [5.41, 5.74) is 5.31. The number of amides is 1. The zero-order valence-corrected chi connectivity index (χ0v) is 25.2. The molecule has 0 saturated heterocycles. The highest BCUT2D eigenvalue weighted by Crippen LogP contribution is 2.37. The fourth-order valence-corrected chi connectivity index (χ4v) is 4.17. The molecule has 0 fully saturated rings. The van der Waals surface area contributed by atoms with E-state index in [4.69, 9.17) is 9.73 Å². The van der Waals surface area contributed by atoms with Crippen molar-refractivity contribution in [2.45, 2.75) is 52.6 Å². The Labute approximate surface area is 238 Å². The Balaban J connectivity index is 1.92. The standard InChI is InChI=1S/C30H44N8O2/c1-10-22(16-23-19-32-38(8)21(23)5)24-12-13-31-30(34-24)35-26-17-25(33-29(39)11-2)27(18-28(26)40-9)37(7)15-14-36(6)20(3)4/h10,13,16-20,24H,1,11-12,14-15H2,2-9H3,(H,33,39)(H,34,35)/b22-16+. The summed E-state index contributed by atoms with van der Waals surface area (Å²) in [5, 5.41) is 10.7. The van der Waals surface area contributed by atoms with Crippen molar-refractivity contribution in [3.63, 3.8) is 0 Å². The van der Waals surface area contributed by atoms with Gasteiger partial charge in [0.05, 0.1) is 36.4 Å². The van der Waals surface area contributed by atoms with E-state index in [-0.39, 0.29) is 11.9 Å². The van der Waals surface area contributed by atoms with Crippen molar-refractivity contribution in [2.24, 2.45) is 17.0 Å². The lowest BCUT2D eigenvalue weighted by Gasteiger charge is -2.28. The van der Waals surface area contributed by atoms with E-state index in [0.717, 1.165) is 35.6 Å². The molecule has 10 nitrogen and oxygen atoms in total. The second-order valence-electron chi connectivity index (χ2n) is 10.3. The van der Waals surface area contributed by atoms with Crippen molar-refractivity contribution in [1.82, 2.24) is 14.7 Å². The largest absolute Gasteiger partial charge is 0.494 e. The molecule has 0 saturated carbocycles. The Morgan fingerprint density at radius 2 is 2.02 bits per heavy atom. The summed E-state index contributed by atoms with van der Waals surface area (Å²) < 4.78 is 7.61. The normalized spacial score (nSPS) is 15.3. The number of carbonyl (C=O) groups excluding carboxylic acids is 1. The number of anilines is 3. The van der Waals surface area contributed by atoms with Gasteiger partial charge in [0.1, 0.15) is 5.75 Å². The van der Waals surface area contributed by atoms with Crippen LogP contribution >= 0.6 is 0 Å². The van der Waals surface area contributed by atoms with Crippen LogP contribution in [0.3, 0.4) is 0 Å². The van der Waals surface area contributed by atoms with Crippen molar-refractivity contribution in [1.29, 1.82) is 0 Å². The number of nitrogens with zero attached hydrogens (tertiary/aromatic N) is 6. The molecule has 1 aliphatic rings. The van der Waals surface area contributed by atoms with Gasteiger partial charge in [0.2, 0.25) is 11.9 Å². The van der Waals surface area contributed by atoms with Crippen LogP contribution in [0.5, 0.6) is 5.75 Å². The van der Waals surface area contributed by atoms with Gasteiger partial charge in [-0.2, -0.15) is 5.10 Å². The molecule has 1 amide bonds. The van der Waals surface area contributed by atoms with Crippen LogP contribution in [0.15, 0.2) is 46.5 Å². The summed E-state index contributed by atoms with van der Waals surface area (Å²) in [4.78, 5) is 26.2. The van der Waals surface area contributed by atoms with E-state index in [1.165, 1.54) is 0 Å². The molecule has 0 radical (unpaired) electrons. The number of methoxy groups -OCH3 is 1. The van der Waals surface area contributed by atoms with Crippen molar-refractivity contribution < 1.29 is 9.53 Å². The lowest BCUT2D eigenvalue weighted by Crippen LogP contribution is -2.35. The molecule has 2 heterocycles. The minimum atomic E-state index is -0.147. The van der Waals surface area contributed by atoms with Gasteiger partial charge >= 0.3 is 0 Å². The Morgan fingerprint density at radius 3 is 2.62 bits per heavy atom. The minimum Gasteiger partial charge on any atom is -0.494 e. The summed E-state index contributed by atoms with van der Waals surface area (Å²) in [6.07, 6.45) is 8.63. The first-order valence-corrected chi connectivity index (χ1v) is 13.7. The number of aryl methyl sites for hydroxylation is 1. The lowest BCUT2D eigenvalue weighted by molar-refractivity contribution is -0.115. The molecular weight excluding hydrogens is 504 g/mol. The van der Waals surface area contributed by atoms with Crippen molar-refractivity contribution in [3.05, 3.63) is 47.8 Å². The van der Waals surface area contributed by atoms with Crippen LogP contribution in [0, 0.1) is 6.92 Å². The fraction of sp³-hybridized carbons (Fsp3) is 0.467. The second-order valence-corrected chi connectivity index (χ2v) is 10.3. The molecule has 216 valence electrons. The van der Waals surface area contributed by atoms with Gasteiger partial charge in [-0.3, -0.25) is 9.48 Å². The van der Waals surface area contributed by atoms with Crippen LogP contribution in [0.25, 0.3) is 6.08 Å². The molecule has 1 aliphatic heterocycles. The highest BCUT2D eigenvalue weighted by atomic mass is 16.5. The minimum absolute atomic E-state index is 0.0652. The van der Waals surface area contributed by atoms with Crippen molar-refractivity contribution >= 4 is 41.2 Å². The highest BCUT2D eigenvalue weighted by molar-refractivity contribution is 6.03. The van der Waals surface area contributed by atoms with E-state index in [0.29, 0.717) is 42.0 Å². The van der Waals surface area contributed by atoms with Crippen LogP contribution < -0.4 is 20.3 Å². The average molecular weight is 549 g/mol. The third-order valence-corrected chi connectivity index (χ3v) is 7.28. The third-order valence-electron chi connectivity index (χ3n) is 7.28. The summed E-state index contributed by atoms with van der Waals surface area (Å²) in [7, 11) is 7.68. The number of aliphatic imine (C=N–C) groups is 2. The van der Waals surface area contributed by atoms with E-state index in [2.05, 4.69) is 64.1 Å². The number of guanidine groups is 1. The molecule has 40 heavy (non-hydrogen) atoms. The van der Waals surface area contributed by atoms with Crippen molar-refractivity contribution in [2.75, 3.05) is 49.8 Å². The smallest absolute Gasteiger partial charge is 0.224 e. The predicted molar refractivity (Wildman–Crippen MR) is 167 cm³/mol. The Morgan fingerprint density at radius 1 is 1.27 bits per heavy atom. The summed E-state index contributed by atoms with van der Waals surface area (Å²) in [5.74, 6) is 1.02. The summed E-state index contributed by atoms with van der Waals surface area (Å²) in [6.45, 7) is 13.9. The van der Waals surface area contributed by atoms with Crippen LogP contribution in [-0.4, -0.2) is 79.1 Å². The SMILES string of the molecule is C=C/C(=C\c1cnn(C)c1C)C1CC=NC(Nc2cc(NC(=O)CC)c(N(C)CCN(C)C(C)C)cc2OC)=N1. The average Bonchev–Trinajstić information content (AvgIpc) is 3.26. The number of likely N-dealkylation sites (N-methyl/N-ethyl adjacent to an activating group) is 2. The van der Waals surface area contributed by atoms with Crippen LogP contribution in [0.1, 0.15) is 44.9 Å². The lowest BCUT2D eigenvalue weighted by atomic mass is 10.0. The topological polar surface area (TPSA) is 99.4 Å². The number of nitrogens with one attached hydrogen (secondary N) is 2. The number of carbonyl (C=O) groups is 1. The van der Waals surface area contributed by atoms with Gasteiger partial charge in [-0.05, 0) is 45.5 Å². The molecule has 3 rings (SSSR count). The number of ether oxygens (including phenoxy) is 1. The van der Waals surface area contributed by atoms with Gasteiger partial charge in [0, 0.05) is 69.6 Å². The van der Waals surface area contributed by atoms with Crippen molar-refractivity contribution in [3.8, 4) is 5.75 Å². The summed E-state index contributed by atoms with van der Waals surface area (Å²) in [6, 6.07) is 4.12. The van der Waals surface area contributed by atoms with Crippen LogP contribution in [0.4, 0.5) is 17.1 Å². The van der Waals surface area contributed by atoms with E-state index in [9.17, 15) is 4.79 Å². The Hall–Kier alpha value is -3.92. The number of aromatic nitrogens is 2. The maximum absolute atomic E-state index is 12.4. The molecule has 2 N–H and O–H groups in total. The zero-order valence-electron chi connectivity index (χ0n) is 25.2. The molecule has 2 aromatic rings. The van der Waals surface area contributed by atoms with Crippen LogP contribution in [0.2, 0.25) is 0 Å². The monoisotopic (exact) mass is 548 g/mol. The number of benzene rings is 1. The van der Waals surface area contributed by atoms with Gasteiger partial charge in [0.15, 0.2) is 0 Å². The van der Waals surface area contributed by atoms with E-state index >= 15 is 0 Å². The first-order valence-electron chi connectivity index (χ1n) is 13.7. The molecule has 1 aromatic heterocycles. The van der Waals surface area contributed by atoms with E-state index in [1.807, 2.05) is 63.2 Å². The maximum Gasteiger partial charge on any atom is 0.224 e. The molecule has 1 aromatic carbocycles. The zero-order chi connectivity index (χ0) is 29.4. The van der Waals surface area contributed by atoms with Gasteiger partial charge in [-0.15, -0.1) is 0 Å². The van der Waals surface area contributed by atoms with E-state index in [1.54, 1.807) is 7.11 Å². The number of hydrogen-bond donors (Lipinski definition) is 2. The quantitative estimate of drug-likeness (QED) is 0.372. The van der Waals surface area contributed by atoms with Gasteiger partial charge < -0.3 is 25.2 Å². The molecule has 1 atom stereocenters. The maximum atomic E-state index is 12.4. The molecular formula is C30H44N8O2. The first kappa shape index (κ1) is 30.6. The molecule has 1 unspecified atom stereocenters. The number of rotatable bonds is 12. The fourth-order valence-electron chi connectivity index (χ4n) is 4.17. The first-order chi connectivity index (χ1) is 19.1. The molecule has 0 bridgehead atoms. The Kier molecular flexibility index (Phi) is 10.7. The molecule has 0 spiro atoms. The number of hydrogen-bond acceptors (Lipinski definition) is 8. The van der Waals surface area contributed by atoms with Gasteiger partial charge in [-0.25, -0.2) is 9.98 Å². The van der Waals surface area contributed by atoms with E-state index < -0.39 is 0 Å². The van der Waals surface area contributed by atoms with Crippen LogP contribution in [-0.2, 0) is 11.8 Å².